The fraction of sp³-hybridized carbons (Fsp3) is 0.111. The molecule has 25 heavy (non-hydrogen) atoms. The van der Waals surface area contributed by atoms with Crippen LogP contribution in [0.25, 0.3) is 11.3 Å². The maximum atomic E-state index is 13.0. The number of halogens is 2. The molecule has 1 heterocycles. The second-order valence-electron chi connectivity index (χ2n) is 5.40. The van der Waals surface area contributed by atoms with E-state index in [-0.39, 0.29) is 5.82 Å². The second kappa shape index (κ2) is 7.48. The molecular formula is C18H14BrFN2O3. The molecule has 0 spiro atoms. The van der Waals surface area contributed by atoms with Crippen molar-refractivity contribution in [1.82, 2.24) is 10.2 Å². The molecule has 0 aliphatic carbocycles. The van der Waals surface area contributed by atoms with Crippen molar-refractivity contribution in [2.45, 2.75) is 6.42 Å². The van der Waals surface area contributed by atoms with E-state index in [1.807, 2.05) is 12.1 Å². The van der Waals surface area contributed by atoms with E-state index in [4.69, 9.17) is 9.84 Å². The number of H-pyrrole nitrogens is 1. The number of nitrogens with one attached hydrogen (secondary N) is 1. The van der Waals surface area contributed by atoms with Gasteiger partial charge in [0.15, 0.2) is 6.61 Å². The normalized spacial score (nSPS) is 10.6. The van der Waals surface area contributed by atoms with Crippen molar-refractivity contribution in [1.29, 1.82) is 0 Å². The SMILES string of the molecule is O=C(O)COc1ccc(Br)cc1-c1cc(Cc2ccc(F)cc2)[nH]n1. The molecule has 0 radical (unpaired) electrons. The van der Waals surface area contributed by atoms with Crippen molar-refractivity contribution in [3.05, 3.63) is 70.1 Å². The quantitative estimate of drug-likeness (QED) is 0.650. The Morgan fingerprint density at radius 3 is 2.68 bits per heavy atom. The summed E-state index contributed by atoms with van der Waals surface area (Å²) >= 11 is 3.40. The van der Waals surface area contributed by atoms with Gasteiger partial charge < -0.3 is 9.84 Å². The lowest BCUT2D eigenvalue weighted by atomic mass is 10.1. The number of aromatic nitrogens is 2. The van der Waals surface area contributed by atoms with Crippen molar-refractivity contribution in [2.75, 3.05) is 6.61 Å². The molecule has 5 nitrogen and oxygen atoms in total. The summed E-state index contributed by atoms with van der Waals surface area (Å²) in [5.74, 6) is -0.887. The van der Waals surface area contributed by atoms with Gasteiger partial charge in [-0.3, -0.25) is 5.10 Å². The van der Waals surface area contributed by atoms with Crippen molar-refractivity contribution in [2.24, 2.45) is 0 Å². The molecule has 0 aliphatic rings. The molecule has 0 aliphatic heterocycles. The smallest absolute Gasteiger partial charge is 0.341 e. The van der Waals surface area contributed by atoms with Crippen LogP contribution < -0.4 is 4.74 Å². The third kappa shape index (κ3) is 4.45. The fourth-order valence-corrected chi connectivity index (χ4v) is 2.74. The van der Waals surface area contributed by atoms with Crippen LogP contribution in [0.1, 0.15) is 11.3 Å². The van der Waals surface area contributed by atoms with Crippen LogP contribution in [0.2, 0.25) is 0 Å². The first-order valence-corrected chi connectivity index (χ1v) is 8.24. The zero-order chi connectivity index (χ0) is 17.8. The Morgan fingerprint density at radius 1 is 1.20 bits per heavy atom. The summed E-state index contributed by atoms with van der Waals surface area (Å²) in [5.41, 5.74) is 3.12. The Bertz CT molecular complexity index is 894. The van der Waals surface area contributed by atoms with Gasteiger partial charge in [-0.1, -0.05) is 28.1 Å². The summed E-state index contributed by atoms with van der Waals surface area (Å²) in [4.78, 5) is 10.7. The number of carboxylic acids is 1. The molecule has 0 fully saturated rings. The Labute approximate surface area is 151 Å². The van der Waals surface area contributed by atoms with Crippen molar-refractivity contribution in [3.8, 4) is 17.0 Å². The van der Waals surface area contributed by atoms with E-state index in [0.717, 1.165) is 15.7 Å². The Kier molecular flexibility index (Phi) is 5.14. The molecule has 0 saturated carbocycles. The summed E-state index contributed by atoms with van der Waals surface area (Å²) in [5, 5.41) is 16.0. The van der Waals surface area contributed by atoms with E-state index in [1.165, 1.54) is 12.1 Å². The van der Waals surface area contributed by atoms with Crippen molar-refractivity contribution < 1.29 is 19.0 Å². The highest BCUT2D eigenvalue weighted by molar-refractivity contribution is 9.10. The number of hydrogen-bond donors (Lipinski definition) is 2. The second-order valence-corrected chi connectivity index (χ2v) is 6.32. The van der Waals surface area contributed by atoms with Gasteiger partial charge in [-0.25, -0.2) is 9.18 Å². The first-order valence-electron chi connectivity index (χ1n) is 7.44. The van der Waals surface area contributed by atoms with Gasteiger partial charge in [0.2, 0.25) is 0 Å². The number of carbonyl (C=O) groups is 1. The van der Waals surface area contributed by atoms with Crippen LogP contribution in [0.5, 0.6) is 5.75 Å². The monoisotopic (exact) mass is 404 g/mol. The lowest BCUT2D eigenvalue weighted by Crippen LogP contribution is -2.10. The average Bonchev–Trinajstić information content (AvgIpc) is 3.04. The largest absolute Gasteiger partial charge is 0.481 e. The fourth-order valence-electron chi connectivity index (χ4n) is 2.38. The zero-order valence-electron chi connectivity index (χ0n) is 13.0. The molecule has 0 atom stereocenters. The van der Waals surface area contributed by atoms with Crippen LogP contribution in [0.15, 0.2) is 53.0 Å². The molecule has 0 unspecified atom stereocenters. The molecule has 7 heteroatoms. The predicted octanol–water partition coefficient (Wildman–Crippen LogP) is 4.03. The predicted molar refractivity (Wildman–Crippen MR) is 94.1 cm³/mol. The molecule has 2 aromatic carbocycles. The first kappa shape index (κ1) is 17.2. The number of hydrogen-bond acceptors (Lipinski definition) is 3. The number of rotatable bonds is 6. The van der Waals surface area contributed by atoms with E-state index in [1.54, 1.807) is 24.3 Å². The van der Waals surface area contributed by atoms with Gasteiger partial charge in [-0.2, -0.15) is 5.10 Å². The van der Waals surface area contributed by atoms with Gasteiger partial charge in [-0.05, 0) is 42.0 Å². The number of benzene rings is 2. The number of carboxylic acid groups (broad SMARTS) is 1. The molecular weight excluding hydrogens is 391 g/mol. The highest BCUT2D eigenvalue weighted by Gasteiger charge is 2.12. The van der Waals surface area contributed by atoms with Gasteiger partial charge >= 0.3 is 5.97 Å². The van der Waals surface area contributed by atoms with Crippen LogP contribution >= 0.6 is 15.9 Å². The Balaban J connectivity index is 1.84. The maximum Gasteiger partial charge on any atom is 0.341 e. The van der Waals surface area contributed by atoms with Gasteiger partial charge in [0.1, 0.15) is 11.6 Å². The molecule has 3 aromatic rings. The summed E-state index contributed by atoms with van der Waals surface area (Å²) in [6.45, 7) is -0.429. The van der Waals surface area contributed by atoms with E-state index < -0.39 is 12.6 Å². The van der Waals surface area contributed by atoms with E-state index in [2.05, 4.69) is 26.1 Å². The van der Waals surface area contributed by atoms with Crippen molar-refractivity contribution >= 4 is 21.9 Å². The lowest BCUT2D eigenvalue weighted by Gasteiger charge is -2.08. The summed E-state index contributed by atoms with van der Waals surface area (Å²) in [6.07, 6.45) is 0.576. The molecule has 0 saturated heterocycles. The Morgan fingerprint density at radius 2 is 1.96 bits per heavy atom. The minimum Gasteiger partial charge on any atom is -0.481 e. The summed E-state index contributed by atoms with van der Waals surface area (Å²) in [6, 6.07) is 13.4. The topological polar surface area (TPSA) is 75.2 Å². The first-order chi connectivity index (χ1) is 12.0. The molecule has 0 amide bonds. The minimum atomic E-state index is -1.05. The van der Waals surface area contributed by atoms with E-state index >= 15 is 0 Å². The van der Waals surface area contributed by atoms with E-state index in [9.17, 15) is 9.18 Å². The highest BCUT2D eigenvalue weighted by Crippen LogP contribution is 2.32. The van der Waals surface area contributed by atoms with Gasteiger partial charge in [0.05, 0.1) is 5.69 Å². The van der Waals surface area contributed by atoms with Crippen LogP contribution in [-0.4, -0.2) is 27.9 Å². The summed E-state index contributed by atoms with van der Waals surface area (Å²) in [7, 11) is 0. The zero-order valence-corrected chi connectivity index (χ0v) is 14.6. The van der Waals surface area contributed by atoms with Gasteiger partial charge in [-0.15, -0.1) is 0 Å². The lowest BCUT2D eigenvalue weighted by molar-refractivity contribution is -0.139. The number of ether oxygens (including phenoxy) is 1. The molecule has 3 rings (SSSR count). The van der Waals surface area contributed by atoms with Crippen LogP contribution in [0, 0.1) is 5.82 Å². The standard InChI is InChI=1S/C18H14BrFN2O3/c19-12-3-6-17(25-10-18(23)24)15(8-12)16-9-14(21-22-16)7-11-1-4-13(20)5-2-11/h1-6,8-9H,7,10H2,(H,21,22)(H,23,24). The van der Waals surface area contributed by atoms with Crippen molar-refractivity contribution in [3.63, 3.8) is 0 Å². The number of aliphatic carboxylic acids is 1. The highest BCUT2D eigenvalue weighted by atomic mass is 79.9. The van der Waals surface area contributed by atoms with Crippen LogP contribution in [0.4, 0.5) is 4.39 Å². The third-order valence-electron chi connectivity index (χ3n) is 3.51. The van der Waals surface area contributed by atoms with Gasteiger partial charge in [0.25, 0.3) is 0 Å². The molecule has 1 aromatic heterocycles. The minimum absolute atomic E-state index is 0.275. The van der Waals surface area contributed by atoms with Crippen LogP contribution in [0.3, 0.4) is 0 Å². The number of aromatic amines is 1. The molecule has 2 N–H and O–H groups in total. The van der Waals surface area contributed by atoms with E-state index in [0.29, 0.717) is 23.4 Å². The Hall–Kier alpha value is -2.67. The summed E-state index contributed by atoms with van der Waals surface area (Å²) < 4.78 is 19.1. The van der Waals surface area contributed by atoms with Crippen LogP contribution in [-0.2, 0) is 11.2 Å². The molecule has 0 bridgehead atoms. The maximum absolute atomic E-state index is 13.0. The molecule has 128 valence electrons. The number of nitrogens with zero attached hydrogens (tertiary/aromatic N) is 1. The third-order valence-corrected chi connectivity index (χ3v) is 4.00. The van der Waals surface area contributed by atoms with Gasteiger partial charge in [0, 0.05) is 22.2 Å². The average molecular weight is 405 g/mol.